The van der Waals surface area contributed by atoms with Gasteiger partial charge in [0.2, 0.25) is 0 Å². The molecule has 0 aliphatic carbocycles. The minimum absolute atomic E-state index is 0.0520. The third-order valence-electron chi connectivity index (χ3n) is 8.26. The predicted molar refractivity (Wildman–Crippen MR) is 185 cm³/mol. The number of nitrogens with one attached hydrogen (secondary N) is 3. The molecule has 4 aromatic carbocycles. The molecule has 1 aromatic heterocycles. The highest BCUT2D eigenvalue weighted by molar-refractivity contribution is 6.04. The van der Waals surface area contributed by atoms with E-state index in [2.05, 4.69) is 55.9 Å². The summed E-state index contributed by atoms with van der Waals surface area (Å²) in [6.45, 7) is 11.0. The maximum absolute atomic E-state index is 13.2. The van der Waals surface area contributed by atoms with E-state index < -0.39 is 0 Å². The summed E-state index contributed by atoms with van der Waals surface area (Å²) in [4.78, 5) is 27.7. The average molecular weight is 616 g/mol. The Kier molecular flexibility index (Phi) is 9.08. The molecule has 0 bridgehead atoms. The number of rotatable bonds is 9. The molecule has 3 N–H and O–H groups in total. The molecule has 0 radical (unpaired) electrons. The van der Waals surface area contributed by atoms with Crippen molar-refractivity contribution >= 4 is 34.2 Å². The standard InChI is InChI=1S/C38H41N5O3/c1-25(2)39-38(45)41-30-13-17-33(18-14-30)46-36-26(3)21-31(22-27(36)4)40-37(44)28-11-15-32(16-12-28)43-24-29(23-42-19-7-8-20-42)34-9-5-6-10-35(34)43/h5-6,9-18,21-22,24-25H,7-8,19-20,23H2,1-4H3,(H,40,44)(H2,39,41,45). The van der Waals surface area contributed by atoms with E-state index in [1.165, 1.54) is 29.3 Å². The summed E-state index contributed by atoms with van der Waals surface area (Å²) < 4.78 is 8.41. The zero-order valence-corrected chi connectivity index (χ0v) is 26.9. The number of carbonyl (C=O) groups is 2. The van der Waals surface area contributed by atoms with E-state index in [-0.39, 0.29) is 18.0 Å². The van der Waals surface area contributed by atoms with Crippen LogP contribution < -0.4 is 20.7 Å². The van der Waals surface area contributed by atoms with Gasteiger partial charge in [0.05, 0.1) is 5.52 Å². The Morgan fingerprint density at radius 3 is 2.17 bits per heavy atom. The Morgan fingerprint density at radius 1 is 0.826 bits per heavy atom. The maximum atomic E-state index is 13.2. The number of anilines is 2. The first kappa shape index (κ1) is 30.9. The van der Waals surface area contributed by atoms with Gasteiger partial charge in [0.1, 0.15) is 11.5 Å². The molecule has 0 saturated carbocycles. The maximum Gasteiger partial charge on any atom is 0.319 e. The van der Waals surface area contributed by atoms with Crippen molar-refractivity contribution < 1.29 is 14.3 Å². The lowest BCUT2D eigenvalue weighted by Gasteiger charge is -2.15. The molecule has 2 heterocycles. The Bertz CT molecular complexity index is 1830. The number of ether oxygens (including phenoxy) is 1. The Labute approximate surface area is 270 Å². The zero-order valence-electron chi connectivity index (χ0n) is 26.9. The fourth-order valence-corrected chi connectivity index (χ4v) is 6.09. The van der Waals surface area contributed by atoms with Crippen molar-refractivity contribution in [2.24, 2.45) is 0 Å². The number of hydrogen-bond donors (Lipinski definition) is 3. The van der Waals surface area contributed by atoms with E-state index >= 15 is 0 Å². The number of aromatic nitrogens is 1. The fraction of sp³-hybridized carbons (Fsp3) is 0.263. The normalized spacial score (nSPS) is 13.2. The predicted octanol–water partition coefficient (Wildman–Crippen LogP) is 8.42. The Balaban J connectivity index is 1.12. The minimum Gasteiger partial charge on any atom is -0.457 e. The van der Waals surface area contributed by atoms with E-state index in [4.69, 9.17) is 4.74 Å². The SMILES string of the molecule is Cc1cc(NC(=O)c2ccc(-n3cc(CN4CCCC4)c4ccccc43)cc2)cc(C)c1Oc1ccc(NC(=O)NC(C)C)cc1. The summed E-state index contributed by atoms with van der Waals surface area (Å²) in [5, 5.41) is 9.93. The second-order valence-electron chi connectivity index (χ2n) is 12.3. The number of likely N-dealkylation sites (tertiary alicyclic amines) is 1. The molecule has 0 unspecified atom stereocenters. The quantitative estimate of drug-likeness (QED) is 0.155. The summed E-state index contributed by atoms with van der Waals surface area (Å²) >= 11 is 0. The third-order valence-corrected chi connectivity index (χ3v) is 8.26. The highest BCUT2D eigenvalue weighted by atomic mass is 16.5. The molecular formula is C38H41N5O3. The first-order valence-electron chi connectivity index (χ1n) is 15.9. The van der Waals surface area contributed by atoms with Crippen LogP contribution in [0.5, 0.6) is 11.5 Å². The lowest BCUT2D eigenvalue weighted by atomic mass is 10.1. The van der Waals surface area contributed by atoms with Gasteiger partial charge in [-0.05, 0) is 137 Å². The van der Waals surface area contributed by atoms with E-state index in [0.29, 0.717) is 22.7 Å². The van der Waals surface area contributed by atoms with Gasteiger partial charge in [-0.1, -0.05) is 18.2 Å². The summed E-state index contributed by atoms with van der Waals surface area (Å²) in [7, 11) is 0. The van der Waals surface area contributed by atoms with Crippen molar-refractivity contribution in [3.8, 4) is 17.2 Å². The number of urea groups is 1. The summed E-state index contributed by atoms with van der Waals surface area (Å²) in [6.07, 6.45) is 4.78. The average Bonchev–Trinajstić information content (AvgIpc) is 3.68. The molecule has 1 saturated heterocycles. The number of hydrogen-bond acceptors (Lipinski definition) is 4. The van der Waals surface area contributed by atoms with Gasteiger partial charge in [0.15, 0.2) is 0 Å². The van der Waals surface area contributed by atoms with Gasteiger partial charge in [-0.3, -0.25) is 9.69 Å². The van der Waals surface area contributed by atoms with Crippen LogP contribution in [0.25, 0.3) is 16.6 Å². The van der Waals surface area contributed by atoms with E-state index in [1.54, 1.807) is 12.1 Å². The monoisotopic (exact) mass is 615 g/mol. The van der Waals surface area contributed by atoms with Crippen molar-refractivity contribution in [3.05, 3.63) is 113 Å². The van der Waals surface area contributed by atoms with Crippen molar-refractivity contribution in [2.45, 2.75) is 53.1 Å². The highest BCUT2D eigenvalue weighted by Crippen LogP contribution is 2.32. The second-order valence-corrected chi connectivity index (χ2v) is 12.3. The highest BCUT2D eigenvalue weighted by Gasteiger charge is 2.17. The van der Waals surface area contributed by atoms with E-state index in [0.717, 1.165) is 42.2 Å². The fourth-order valence-electron chi connectivity index (χ4n) is 6.09. The summed E-state index contributed by atoms with van der Waals surface area (Å²) in [5.74, 6) is 1.20. The van der Waals surface area contributed by atoms with Crippen LogP contribution in [0.2, 0.25) is 0 Å². The van der Waals surface area contributed by atoms with E-state index in [1.807, 2.05) is 76.2 Å². The van der Waals surface area contributed by atoms with Crippen LogP contribution in [-0.4, -0.2) is 40.5 Å². The van der Waals surface area contributed by atoms with Crippen LogP contribution >= 0.6 is 0 Å². The molecule has 46 heavy (non-hydrogen) atoms. The largest absolute Gasteiger partial charge is 0.457 e. The lowest BCUT2D eigenvalue weighted by molar-refractivity contribution is 0.102. The van der Waals surface area contributed by atoms with Crippen molar-refractivity contribution in [3.63, 3.8) is 0 Å². The van der Waals surface area contributed by atoms with Crippen LogP contribution in [0.4, 0.5) is 16.2 Å². The van der Waals surface area contributed by atoms with Gasteiger partial charge in [0.25, 0.3) is 5.91 Å². The Hall–Kier alpha value is -5.08. The summed E-state index contributed by atoms with van der Waals surface area (Å²) in [5.41, 5.74) is 7.28. The van der Waals surface area contributed by atoms with Gasteiger partial charge in [-0.15, -0.1) is 0 Å². The molecule has 3 amide bonds. The van der Waals surface area contributed by atoms with Crippen LogP contribution in [0.3, 0.4) is 0 Å². The lowest BCUT2D eigenvalue weighted by Crippen LogP contribution is -2.34. The number of amides is 3. The number of fused-ring (bicyclic) bond motifs is 1. The van der Waals surface area contributed by atoms with Crippen LogP contribution in [0, 0.1) is 13.8 Å². The number of nitrogens with zero attached hydrogens (tertiary/aromatic N) is 2. The van der Waals surface area contributed by atoms with Gasteiger partial charge >= 0.3 is 6.03 Å². The molecule has 8 nitrogen and oxygen atoms in total. The van der Waals surface area contributed by atoms with Crippen molar-refractivity contribution in [1.82, 2.24) is 14.8 Å². The minimum atomic E-state index is -0.250. The van der Waals surface area contributed by atoms with Gasteiger partial charge in [-0.2, -0.15) is 0 Å². The first-order chi connectivity index (χ1) is 22.2. The number of carbonyl (C=O) groups excluding carboxylic acids is 2. The number of benzene rings is 4. The molecule has 236 valence electrons. The Morgan fingerprint density at radius 2 is 1.50 bits per heavy atom. The first-order valence-corrected chi connectivity index (χ1v) is 15.9. The van der Waals surface area contributed by atoms with Crippen LogP contribution in [0.1, 0.15) is 53.7 Å². The molecule has 1 fully saturated rings. The van der Waals surface area contributed by atoms with E-state index in [9.17, 15) is 9.59 Å². The number of para-hydroxylation sites is 1. The smallest absolute Gasteiger partial charge is 0.319 e. The van der Waals surface area contributed by atoms with Gasteiger partial charge < -0.3 is 25.3 Å². The van der Waals surface area contributed by atoms with Crippen LogP contribution in [-0.2, 0) is 6.54 Å². The topological polar surface area (TPSA) is 87.6 Å². The third kappa shape index (κ3) is 7.08. The van der Waals surface area contributed by atoms with Crippen molar-refractivity contribution in [1.29, 1.82) is 0 Å². The molecular weight excluding hydrogens is 574 g/mol. The number of aryl methyl sites for hydroxylation is 2. The molecule has 0 spiro atoms. The van der Waals surface area contributed by atoms with Crippen molar-refractivity contribution in [2.75, 3.05) is 23.7 Å². The van der Waals surface area contributed by atoms with Crippen LogP contribution in [0.15, 0.2) is 91.1 Å². The zero-order chi connectivity index (χ0) is 32.2. The molecule has 5 aromatic rings. The molecule has 6 rings (SSSR count). The second kappa shape index (κ2) is 13.5. The van der Waals surface area contributed by atoms with Gasteiger partial charge in [-0.25, -0.2) is 4.79 Å². The molecule has 1 aliphatic heterocycles. The van der Waals surface area contributed by atoms with Gasteiger partial charge in [0, 0.05) is 46.8 Å². The molecule has 8 heteroatoms. The summed E-state index contributed by atoms with van der Waals surface area (Å²) in [6, 6.07) is 27.1. The molecule has 1 aliphatic rings. The molecule has 0 atom stereocenters.